The van der Waals surface area contributed by atoms with Crippen LogP contribution >= 0.6 is 0 Å². The van der Waals surface area contributed by atoms with Gasteiger partial charge in [0.25, 0.3) is 0 Å². The summed E-state index contributed by atoms with van der Waals surface area (Å²) in [5.41, 5.74) is 6.57. The number of primary sulfonamides is 1. The zero-order valence-electron chi connectivity index (χ0n) is 17.3. The molecule has 10 heteroatoms. The Hall–Kier alpha value is -3.00. The van der Waals surface area contributed by atoms with Crippen molar-refractivity contribution in [2.45, 2.75) is 44.1 Å². The van der Waals surface area contributed by atoms with Gasteiger partial charge in [0.1, 0.15) is 0 Å². The number of nitrogens with zero attached hydrogens (tertiary/aromatic N) is 4. The molecule has 0 aliphatic rings. The van der Waals surface area contributed by atoms with Gasteiger partial charge in [-0.3, -0.25) is 4.98 Å². The van der Waals surface area contributed by atoms with E-state index >= 15 is 0 Å². The van der Waals surface area contributed by atoms with Crippen LogP contribution in [0.2, 0.25) is 0 Å². The maximum Gasteiger partial charge on any atom is 0.236 e. The lowest BCUT2D eigenvalue weighted by Gasteiger charge is -2.22. The Balaban J connectivity index is 1.79. The first kappa shape index (κ1) is 24.3. The number of sulfonamides is 1. The van der Waals surface area contributed by atoms with Crippen molar-refractivity contribution in [3.8, 4) is 6.19 Å². The summed E-state index contributed by atoms with van der Waals surface area (Å²) in [5.74, 6) is 0.123. The number of pyridine rings is 1. The van der Waals surface area contributed by atoms with Crippen LogP contribution in [0.25, 0.3) is 0 Å². The largest absolute Gasteiger partial charge is 0.369 e. The normalized spacial score (nSPS) is 12.8. The molecule has 0 aliphatic heterocycles. The van der Waals surface area contributed by atoms with E-state index in [2.05, 4.69) is 9.98 Å². The fraction of sp³-hybridized carbons (Fsp3) is 0.381. The van der Waals surface area contributed by atoms with E-state index in [0.29, 0.717) is 19.4 Å². The van der Waals surface area contributed by atoms with Crippen LogP contribution < -0.4 is 15.8 Å². The zero-order chi connectivity index (χ0) is 22.5. The summed E-state index contributed by atoms with van der Waals surface area (Å²) >= 11 is 0. The molecule has 2 rings (SSSR count). The molecule has 166 valence electrons. The lowest BCUT2D eigenvalue weighted by molar-refractivity contribution is 0.0847. The van der Waals surface area contributed by atoms with Crippen LogP contribution in [0.4, 0.5) is 5.69 Å². The zero-order valence-corrected chi connectivity index (χ0v) is 18.1. The van der Waals surface area contributed by atoms with Crippen molar-refractivity contribution in [2.24, 2.45) is 15.9 Å². The van der Waals surface area contributed by atoms with Gasteiger partial charge in [-0.2, -0.15) is 5.26 Å². The molecule has 4 N–H and O–H groups in total. The summed E-state index contributed by atoms with van der Waals surface area (Å²) < 4.78 is 29.2. The Morgan fingerprint density at radius 1 is 1.13 bits per heavy atom. The van der Waals surface area contributed by atoms with Crippen molar-refractivity contribution in [1.82, 2.24) is 4.98 Å². The second-order valence-electron chi connectivity index (χ2n) is 6.95. The molecule has 31 heavy (non-hydrogen) atoms. The Kier molecular flexibility index (Phi) is 9.90. The van der Waals surface area contributed by atoms with Gasteiger partial charge in [0.2, 0.25) is 22.2 Å². The van der Waals surface area contributed by atoms with Crippen molar-refractivity contribution in [1.29, 1.82) is 5.26 Å². The average Bonchev–Trinajstić information content (AvgIpc) is 2.75. The first-order valence-electron chi connectivity index (χ1n) is 9.98. The minimum atomic E-state index is -3.79. The first-order valence-corrected chi connectivity index (χ1v) is 11.6. The molecule has 0 fully saturated rings. The molecule has 0 saturated carbocycles. The predicted molar refractivity (Wildman–Crippen MR) is 120 cm³/mol. The fourth-order valence-electron chi connectivity index (χ4n) is 3.05. The second-order valence-corrected chi connectivity index (χ2v) is 8.65. The van der Waals surface area contributed by atoms with Gasteiger partial charge in [-0.05, 0) is 37.0 Å². The van der Waals surface area contributed by atoms with E-state index in [9.17, 15) is 8.42 Å². The van der Waals surface area contributed by atoms with E-state index in [1.807, 2.05) is 30.3 Å². The van der Waals surface area contributed by atoms with Crippen molar-refractivity contribution in [2.75, 3.05) is 11.4 Å². The summed E-state index contributed by atoms with van der Waals surface area (Å²) in [4.78, 5) is 9.35. The number of nitriles is 1. The molecule has 1 aromatic heterocycles. The van der Waals surface area contributed by atoms with Crippen LogP contribution in [-0.2, 0) is 21.4 Å². The number of nitrogens with two attached hydrogens (primary N) is 2. The summed E-state index contributed by atoms with van der Waals surface area (Å²) in [7, 11) is -3.79. The van der Waals surface area contributed by atoms with Crippen molar-refractivity contribution in [3.63, 3.8) is 0 Å². The fourth-order valence-corrected chi connectivity index (χ4v) is 3.80. The molecule has 1 atom stereocenters. The Morgan fingerprint density at radius 2 is 1.81 bits per heavy atom. The van der Waals surface area contributed by atoms with Gasteiger partial charge < -0.3 is 15.4 Å². The highest BCUT2D eigenvalue weighted by atomic mass is 32.2. The topological polar surface area (TPSA) is 148 Å². The van der Waals surface area contributed by atoms with Gasteiger partial charge in [-0.1, -0.05) is 43.2 Å². The Bertz CT molecular complexity index is 962. The molecule has 0 bridgehead atoms. The lowest BCUT2D eigenvalue weighted by atomic mass is 10.1. The maximum absolute atomic E-state index is 11.8. The number of aromatic nitrogens is 1. The van der Waals surface area contributed by atoms with Gasteiger partial charge in [0, 0.05) is 24.6 Å². The molecule has 0 radical (unpaired) electrons. The third-order valence-electron chi connectivity index (χ3n) is 4.63. The van der Waals surface area contributed by atoms with E-state index in [4.69, 9.17) is 20.9 Å². The van der Waals surface area contributed by atoms with Crippen molar-refractivity contribution < 1.29 is 13.2 Å². The van der Waals surface area contributed by atoms with Gasteiger partial charge in [-0.25, -0.2) is 13.6 Å². The highest BCUT2D eigenvalue weighted by Crippen LogP contribution is 2.16. The third kappa shape index (κ3) is 8.72. The lowest BCUT2D eigenvalue weighted by Crippen LogP contribution is -2.38. The number of hydrogen-bond acceptors (Lipinski definition) is 6. The summed E-state index contributed by atoms with van der Waals surface area (Å²) in [5, 5.41) is 14.1. The van der Waals surface area contributed by atoms with E-state index in [-0.39, 0.29) is 12.6 Å². The van der Waals surface area contributed by atoms with E-state index in [1.165, 1.54) is 0 Å². The minimum absolute atomic E-state index is 0.123. The number of benzene rings is 1. The number of ether oxygens (including phenoxy) is 1. The highest BCUT2D eigenvalue weighted by molar-refractivity contribution is 7.89. The summed E-state index contributed by atoms with van der Waals surface area (Å²) in [6, 6.07) is 12.9. The van der Waals surface area contributed by atoms with Gasteiger partial charge in [-0.15, -0.1) is 4.99 Å². The van der Waals surface area contributed by atoms with E-state index < -0.39 is 15.5 Å². The van der Waals surface area contributed by atoms with E-state index in [0.717, 1.165) is 30.5 Å². The number of rotatable bonds is 12. The monoisotopic (exact) mass is 444 g/mol. The number of anilines is 1. The number of guanidine groups is 1. The molecule has 0 aliphatic carbocycles. The van der Waals surface area contributed by atoms with Crippen LogP contribution in [0.1, 0.15) is 37.7 Å². The third-order valence-corrected chi connectivity index (χ3v) is 5.74. The molecule has 1 heterocycles. The van der Waals surface area contributed by atoms with Gasteiger partial charge in [0.15, 0.2) is 5.44 Å². The second kappa shape index (κ2) is 12.6. The van der Waals surface area contributed by atoms with Crippen LogP contribution in [-0.4, -0.2) is 31.3 Å². The van der Waals surface area contributed by atoms with Crippen molar-refractivity contribution in [3.05, 3.63) is 60.4 Å². The number of hydrogen-bond donors (Lipinski definition) is 2. The van der Waals surface area contributed by atoms with Crippen LogP contribution in [0.15, 0.2) is 59.9 Å². The molecule has 9 nitrogen and oxygen atoms in total. The smallest absolute Gasteiger partial charge is 0.236 e. The predicted octanol–water partition coefficient (Wildman–Crippen LogP) is 2.47. The molecule has 1 unspecified atom stereocenters. The SMILES string of the molecule is N#CN=C(N)N(CCCCCCC(OCc1ccccc1)S(N)(=O)=O)c1ccncc1. The molecule has 0 saturated heterocycles. The number of unbranched alkanes of at least 4 members (excludes halogenated alkanes) is 3. The summed E-state index contributed by atoms with van der Waals surface area (Å²) in [6.07, 6.45) is 8.42. The highest BCUT2D eigenvalue weighted by Gasteiger charge is 2.21. The van der Waals surface area contributed by atoms with Crippen LogP contribution in [0, 0.1) is 11.5 Å². The molecule has 2 aromatic rings. The van der Waals surface area contributed by atoms with Crippen molar-refractivity contribution >= 4 is 21.7 Å². The van der Waals surface area contributed by atoms with E-state index in [1.54, 1.807) is 35.6 Å². The Morgan fingerprint density at radius 3 is 2.45 bits per heavy atom. The molecule has 1 aromatic carbocycles. The summed E-state index contributed by atoms with van der Waals surface area (Å²) in [6.45, 7) is 0.768. The molecule has 0 spiro atoms. The van der Waals surface area contributed by atoms with Gasteiger partial charge in [0.05, 0.1) is 6.61 Å². The average molecular weight is 445 g/mol. The number of aliphatic imine (C=N–C) groups is 1. The Labute approximate surface area is 183 Å². The van der Waals surface area contributed by atoms with Gasteiger partial charge >= 0.3 is 0 Å². The molecular weight excluding hydrogens is 416 g/mol. The van der Waals surface area contributed by atoms with Crippen LogP contribution in [0.5, 0.6) is 0 Å². The minimum Gasteiger partial charge on any atom is -0.369 e. The molecular formula is C21H28N6O3S. The quantitative estimate of drug-likeness (QED) is 0.221. The molecule has 0 amide bonds. The standard InChI is InChI=1S/C21H28N6O3S/c22-17-26-21(23)27(19-11-13-25-14-12-19)15-7-2-1-6-10-20(31(24,28)29)30-16-18-8-4-3-5-9-18/h3-5,8-9,11-14,20H,1-2,6-7,10,15-16H2,(H2,23,26)(H2,24,28,29). The van der Waals surface area contributed by atoms with Crippen LogP contribution in [0.3, 0.4) is 0 Å². The first-order chi connectivity index (χ1) is 14.9. The maximum atomic E-state index is 11.8.